The second kappa shape index (κ2) is 105. The van der Waals surface area contributed by atoms with Crippen LogP contribution in [0.4, 0.5) is 0 Å². The van der Waals surface area contributed by atoms with Gasteiger partial charge in [-0.1, -0.05) is 316 Å². The molecule has 0 bridgehead atoms. The number of esters is 1. The van der Waals surface area contributed by atoms with E-state index in [9.17, 15) is 4.79 Å². The monoisotopic (exact) mass is 777 g/mol. The highest BCUT2D eigenvalue weighted by molar-refractivity contribution is 5.65. The first-order valence-electron chi connectivity index (χ1n) is 25.2. The van der Waals surface area contributed by atoms with Crippen molar-refractivity contribution in [3.8, 4) is 0 Å². The van der Waals surface area contributed by atoms with Gasteiger partial charge < -0.3 is 4.74 Å². The predicted molar refractivity (Wildman–Crippen MR) is 261 cm³/mol. The molecule has 0 atom stereocenters. The lowest BCUT2D eigenvalue weighted by Crippen LogP contribution is -1.95. The SMILES string of the molecule is CCCCCC.CCCCCC.CCCCCC.CCCCCC.CCCCCC.CCCCCC.CCCCCC.CCCCCC.CCOC(C)=O. The summed E-state index contributed by atoms with van der Waals surface area (Å²) in [6.45, 7) is 39.4. The number of unbranched alkanes of at least 4 members (excludes halogenated alkanes) is 24. The summed E-state index contributed by atoms with van der Waals surface area (Å²) in [7, 11) is 0. The van der Waals surface area contributed by atoms with E-state index in [0.717, 1.165) is 0 Å². The van der Waals surface area contributed by atoms with Crippen LogP contribution in [0.2, 0.25) is 0 Å². The predicted octanol–water partition coefficient (Wildman–Crippen LogP) is 21.3. The second-order valence-corrected chi connectivity index (χ2v) is 14.6. The molecule has 0 heterocycles. The molecule has 0 saturated carbocycles. The Morgan fingerprint density at radius 2 is 0.333 bits per heavy atom. The minimum atomic E-state index is -0.211. The van der Waals surface area contributed by atoms with Crippen molar-refractivity contribution < 1.29 is 9.53 Å². The first-order chi connectivity index (χ1) is 26.1. The summed E-state index contributed by atoms with van der Waals surface area (Å²) in [6.07, 6.45) is 44.3. The topological polar surface area (TPSA) is 26.3 Å². The molecule has 0 aliphatic rings. The maximum atomic E-state index is 9.82. The summed E-state index contributed by atoms with van der Waals surface area (Å²) in [4.78, 5) is 9.82. The smallest absolute Gasteiger partial charge is 0.302 e. The molecule has 0 aromatic carbocycles. The number of carbonyl (C=O) groups excluding carboxylic acids is 1. The normalized spacial score (nSPS) is 8.85. The van der Waals surface area contributed by atoms with E-state index in [1.807, 2.05) is 0 Å². The Hall–Kier alpha value is -0.530. The molecule has 0 saturated heterocycles. The summed E-state index contributed by atoms with van der Waals surface area (Å²) in [5.41, 5.74) is 0. The Bertz CT molecular complexity index is 306. The van der Waals surface area contributed by atoms with Crippen molar-refractivity contribution in [3.05, 3.63) is 0 Å². The number of hydrogen-bond acceptors (Lipinski definition) is 2. The highest BCUT2D eigenvalue weighted by Crippen LogP contribution is 1.99. The van der Waals surface area contributed by atoms with E-state index in [1.165, 1.54) is 212 Å². The van der Waals surface area contributed by atoms with Gasteiger partial charge in [0.25, 0.3) is 0 Å². The van der Waals surface area contributed by atoms with Gasteiger partial charge in [-0.25, -0.2) is 0 Å². The third kappa shape index (κ3) is 187. The fourth-order valence-electron chi connectivity index (χ4n) is 4.20. The molecule has 2 nitrogen and oxygen atoms in total. The van der Waals surface area contributed by atoms with Gasteiger partial charge in [-0.15, -0.1) is 0 Å². The fraction of sp³-hybridized carbons (Fsp3) is 0.981. The van der Waals surface area contributed by atoms with Crippen LogP contribution in [0.1, 0.15) is 330 Å². The molecule has 54 heavy (non-hydrogen) atoms. The van der Waals surface area contributed by atoms with Crippen molar-refractivity contribution >= 4 is 5.97 Å². The molecule has 0 radical (unpaired) electrons. The van der Waals surface area contributed by atoms with Crippen molar-refractivity contribution in [1.29, 1.82) is 0 Å². The average Bonchev–Trinajstić information content (AvgIpc) is 3.19. The van der Waals surface area contributed by atoms with Gasteiger partial charge in [0.15, 0.2) is 0 Å². The maximum Gasteiger partial charge on any atom is 0.302 e. The molecule has 0 spiro atoms. The van der Waals surface area contributed by atoms with Gasteiger partial charge in [-0.2, -0.15) is 0 Å². The van der Waals surface area contributed by atoms with Crippen LogP contribution in [-0.4, -0.2) is 12.6 Å². The number of ether oxygens (including phenoxy) is 1. The number of carbonyl (C=O) groups is 1. The zero-order chi connectivity index (χ0) is 43.6. The first-order valence-corrected chi connectivity index (χ1v) is 25.2. The third-order valence-corrected chi connectivity index (χ3v) is 8.00. The van der Waals surface area contributed by atoms with Gasteiger partial charge in [-0.05, 0) is 6.92 Å². The van der Waals surface area contributed by atoms with Crippen LogP contribution in [0.5, 0.6) is 0 Å². The molecule has 0 N–H and O–H groups in total. The Kier molecular flexibility index (Phi) is 144. The molecular weight excluding hydrogens is 657 g/mol. The van der Waals surface area contributed by atoms with Crippen LogP contribution in [0.15, 0.2) is 0 Å². The first kappa shape index (κ1) is 74.4. The Labute approximate surface area is 351 Å². The van der Waals surface area contributed by atoms with Gasteiger partial charge >= 0.3 is 5.97 Å². The van der Waals surface area contributed by atoms with Crippen molar-refractivity contribution in [3.63, 3.8) is 0 Å². The van der Waals surface area contributed by atoms with Gasteiger partial charge in [0.05, 0.1) is 6.61 Å². The van der Waals surface area contributed by atoms with Crippen LogP contribution in [0, 0.1) is 0 Å². The highest BCUT2D eigenvalue weighted by atomic mass is 16.5. The fourth-order valence-corrected chi connectivity index (χ4v) is 4.20. The molecule has 0 aliphatic heterocycles. The van der Waals surface area contributed by atoms with E-state index in [4.69, 9.17) is 0 Å². The van der Waals surface area contributed by atoms with Crippen LogP contribution in [0.25, 0.3) is 0 Å². The summed E-state index contributed by atoms with van der Waals surface area (Å²) in [5.74, 6) is -0.211. The summed E-state index contributed by atoms with van der Waals surface area (Å²) < 4.78 is 4.40. The molecule has 0 aromatic rings. The average molecular weight is 778 g/mol. The summed E-state index contributed by atoms with van der Waals surface area (Å²) in [5, 5.41) is 0. The van der Waals surface area contributed by atoms with Crippen molar-refractivity contribution in [1.82, 2.24) is 0 Å². The standard InChI is InChI=1S/8C6H14.C4H8O2/c8*1-3-5-6-4-2;1-3-6-4(2)5/h8*3-6H2,1-2H3;3H2,1-2H3. The van der Waals surface area contributed by atoms with Crippen LogP contribution in [-0.2, 0) is 9.53 Å². The maximum absolute atomic E-state index is 9.82. The lowest BCUT2D eigenvalue weighted by molar-refractivity contribution is -0.140. The van der Waals surface area contributed by atoms with E-state index in [-0.39, 0.29) is 5.97 Å². The van der Waals surface area contributed by atoms with Crippen LogP contribution < -0.4 is 0 Å². The molecule has 0 rings (SSSR count). The van der Waals surface area contributed by atoms with Crippen molar-refractivity contribution in [2.24, 2.45) is 0 Å². The van der Waals surface area contributed by atoms with E-state index in [1.54, 1.807) is 6.92 Å². The lowest BCUT2D eigenvalue weighted by atomic mass is 10.2. The Morgan fingerprint density at radius 3 is 0.352 bits per heavy atom. The van der Waals surface area contributed by atoms with Gasteiger partial charge in [0.2, 0.25) is 0 Å². The lowest BCUT2D eigenvalue weighted by Gasteiger charge is -1.89. The Balaban J connectivity index is -0.0000000603. The minimum absolute atomic E-state index is 0.211. The quantitative estimate of drug-likeness (QED) is 0.0682. The molecule has 0 fully saturated rings. The minimum Gasteiger partial charge on any atom is -0.466 e. The number of rotatable bonds is 25. The highest BCUT2D eigenvalue weighted by Gasteiger charge is 1.82. The van der Waals surface area contributed by atoms with Gasteiger partial charge in [0.1, 0.15) is 0 Å². The van der Waals surface area contributed by atoms with E-state index < -0.39 is 0 Å². The van der Waals surface area contributed by atoms with E-state index in [0.29, 0.717) is 6.61 Å². The van der Waals surface area contributed by atoms with Crippen molar-refractivity contribution in [2.45, 2.75) is 330 Å². The van der Waals surface area contributed by atoms with E-state index >= 15 is 0 Å². The second-order valence-electron chi connectivity index (χ2n) is 14.6. The molecule has 0 aliphatic carbocycles. The molecule has 0 aromatic heterocycles. The Morgan fingerprint density at radius 1 is 0.241 bits per heavy atom. The molecule has 2 heteroatoms. The van der Waals surface area contributed by atoms with Crippen LogP contribution >= 0.6 is 0 Å². The molecule has 0 amide bonds. The van der Waals surface area contributed by atoms with Crippen LogP contribution in [0.3, 0.4) is 0 Å². The zero-order valence-corrected chi connectivity index (χ0v) is 42.7. The van der Waals surface area contributed by atoms with Gasteiger partial charge in [0, 0.05) is 6.92 Å². The van der Waals surface area contributed by atoms with E-state index in [2.05, 4.69) is 116 Å². The zero-order valence-electron chi connectivity index (χ0n) is 42.7. The largest absolute Gasteiger partial charge is 0.466 e. The number of hydrogen-bond donors (Lipinski definition) is 0. The summed E-state index contributed by atoms with van der Waals surface area (Å²) >= 11 is 0. The third-order valence-electron chi connectivity index (χ3n) is 8.00. The molecular formula is C52H120O2. The van der Waals surface area contributed by atoms with Gasteiger partial charge in [-0.3, -0.25) is 4.79 Å². The van der Waals surface area contributed by atoms with Crippen molar-refractivity contribution in [2.75, 3.05) is 6.61 Å². The summed E-state index contributed by atoms with van der Waals surface area (Å²) in [6, 6.07) is 0. The molecule has 340 valence electrons. The molecule has 0 unspecified atom stereocenters.